The number of aromatic nitrogens is 2. The molecule has 1 saturated heterocycles. The molecule has 104 valence electrons. The Morgan fingerprint density at radius 3 is 2.81 bits per heavy atom. The Labute approximate surface area is 125 Å². The van der Waals surface area contributed by atoms with Gasteiger partial charge in [-0.25, -0.2) is 4.98 Å². The van der Waals surface area contributed by atoms with E-state index in [1.54, 1.807) is 0 Å². The lowest BCUT2D eigenvalue weighted by molar-refractivity contribution is 0.307. The van der Waals surface area contributed by atoms with Gasteiger partial charge in [0, 0.05) is 5.56 Å². The van der Waals surface area contributed by atoms with Crippen molar-refractivity contribution in [3.8, 4) is 35.4 Å². The highest BCUT2D eigenvalue weighted by Crippen LogP contribution is 2.29. The quantitative estimate of drug-likeness (QED) is 0.855. The van der Waals surface area contributed by atoms with Gasteiger partial charge in [-0.05, 0) is 56.0 Å². The molecular formula is C18H17N3. The van der Waals surface area contributed by atoms with Crippen LogP contribution in [0.2, 0.25) is 0 Å². The summed E-state index contributed by atoms with van der Waals surface area (Å²) in [5.74, 6) is 8.91. The summed E-state index contributed by atoms with van der Waals surface area (Å²) in [6.07, 6.45) is 9.44. The highest BCUT2D eigenvalue weighted by atomic mass is 15.2. The zero-order valence-electron chi connectivity index (χ0n) is 12.1. The van der Waals surface area contributed by atoms with Gasteiger partial charge in [0.15, 0.2) is 0 Å². The first kappa shape index (κ1) is 13.5. The minimum absolute atomic E-state index is 0.416. The fraction of sp³-hybridized carbons (Fsp3) is 0.278. The first-order chi connectivity index (χ1) is 10.3. The maximum absolute atomic E-state index is 5.13. The standard InChI is InChI=1S/C18H17N3/c1-3-4-6-14-8-10-15(11-9-14)16-13-19-18(20-16)17-7-5-12-21(17)2/h1,8-11,13,17H,5,7,12H2,2H3,(H,19,20)/t17-/m0/s1. The fourth-order valence-corrected chi connectivity index (χ4v) is 2.75. The molecule has 1 aromatic heterocycles. The Morgan fingerprint density at radius 1 is 1.33 bits per heavy atom. The van der Waals surface area contributed by atoms with Gasteiger partial charge in [0.05, 0.1) is 17.9 Å². The Bertz CT molecular complexity index is 722. The number of hydrogen-bond donors (Lipinski definition) is 1. The van der Waals surface area contributed by atoms with Crippen molar-refractivity contribution in [1.29, 1.82) is 0 Å². The summed E-state index contributed by atoms with van der Waals surface area (Å²) in [6.45, 7) is 1.14. The maximum Gasteiger partial charge on any atom is 0.123 e. The molecule has 1 aliphatic heterocycles. The maximum atomic E-state index is 5.13. The molecule has 1 fully saturated rings. The molecule has 0 aliphatic carbocycles. The van der Waals surface area contributed by atoms with Gasteiger partial charge < -0.3 is 4.98 Å². The lowest BCUT2D eigenvalue weighted by Gasteiger charge is -2.16. The van der Waals surface area contributed by atoms with E-state index >= 15 is 0 Å². The second-order valence-corrected chi connectivity index (χ2v) is 5.29. The number of aromatic amines is 1. The minimum Gasteiger partial charge on any atom is -0.341 e. The van der Waals surface area contributed by atoms with Gasteiger partial charge in [0.2, 0.25) is 0 Å². The number of terminal acetylenes is 1. The third-order valence-corrected chi connectivity index (χ3v) is 3.91. The van der Waals surface area contributed by atoms with E-state index in [1.807, 2.05) is 30.5 Å². The average molecular weight is 275 g/mol. The Morgan fingerprint density at radius 2 is 2.14 bits per heavy atom. The second kappa shape index (κ2) is 5.87. The molecule has 3 heteroatoms. The predicted octanol–water partition coefficient (Wildman–Crippen LogP) is 2.83. The van der Waals surface area contributed by atoms with E-state index in [0.717, 1.165) is 29.2 Å². The number of nitrogens with one attached hydrogen (secondary N) is 1. The SMILES string of the molecule is C#CC#Cc1ccc(-c2cnc([C@@H]3CCCN3C)[nH]2)cc1. The van der Waals surface area contributed by atoms with E-state index in [4.69, 9.17) is 6.42 Å². The number of H-pyrrole nitrogens is 1. The van der Waals surface area contributed by atoms with Gasteiger partial charge in [0.1, 0.15) is 5.82 Å². The van der Waals surface area contributed by atoms with E-state index in [2.05, 4.69) is 39.7 Å². The normalized spacial score (nSPS) is 18.0. The number of nitrogens with zero attached hydrogens (tertiary/aromatic N) is 2. The zero-order chi connectivity index (χ0) is 14.7. The van der Waals surface area contributed by atoms with Gasteiger partial charge in [-0.2, -0.15) is 0 Å². The Hall–Kier alpha value is -2.49. The van der Waals surface area contributed by atoms with Crippen molar-refractivity contribution in [3.05, 3.63) is 41.9 Å². The molecule has 0 bridgehead atoms. The number of rotatable bonds is 2. The third kappa shape index (κ3) is 2.84. The summed E-state index contributed by atoms with van der Waals surface area (Å²) in [4.78, 5) is 10.3. The molecule has 0 unspecified atom stereocenters. The number of benzene rings is 1. The predicted molar refractivity (Wildman–Crippen MR) is 84.3 cm³/mol. The zero-order valence-corrected chi connectivity index (χ0v) is 12.1. The van der Waals surface area contributed by atoms with Crippen LogP contribution >= 0.6 is 0 Å². The smallest absolute Gasteiger partial charge is 0.123 e. The number of hydrogen-bond acceptors (Lipinski definition) is 2. The van der Waals surface area contributed by atoms with Crippen LogP contribution in [0, 0.1) is 24.2 Å². The van der Waals surface area contributed by atoms with Crippen molar-refractivity contribution in [1.82, 2.24) is 14.9 Å². The van der Waals surface area contributed by atoms with Crippen molar-refractivity contribution >= 4 is 0 Å². The fourth-order valence-electron chi connectivity index (χ4n) is 2.75. The molecule has 3 nitrogen and oxygen atoms in total. The van der Waals surface area contributed by atoms with Crippen LogP contribution in [-0.4, -0.2) is 28.5 Å². The van der Waals surface area contributed by atoms with Gasteiger partial charge in [-0.1, -0.05) is 18.1 Å². The lowest BCUT2D eigenvalue weighted by Crippen LogP contribution is -2.18. The average Bonchev–Trinajstić information content (AvgIpc) is 3.14. The molecule has 1 atom stereocenters. The Kier molecular flexibility index (Phi) is 3.77. The summed E-state index contributed by atoms with van der Waals surface area (Å²) in [7, 11) is 2.15. The third-order valence-electron chi connectivity index (χ3n) is 3.91. The van der Waals surface area contributed by atoms with Crippen LogP contribution in [0.5, 0.6) is 0 Å². The van der Waals surface area contributed by atoms with Gasteiger partial charge >= 0.3 is 0 Å². The molecular weight excluding hydrogens is 258 g/mol. The van der Waals surface area contributed by atoms with E-state index in [-0.39, 0.29) is 0 Å². The van der Waals surface area contributed by atoms with Crippen LogP contribution in [-0.2, 0) is 0 Å². The number of imidazole rings is 1. The van der Waals surface area contributed by atoms with Crippen molar-refractivity contribution in [2.45, 2.75) is 18.9 Å². The van der Waals surface area contributed by atoms with Crippen molar-refractivity contribution in [2.24, 2.45) is 0 Å². The molecule has 0 spiro atoms. The van der Waals surface area contributed by atoms with Crippen molar-refractivity contribution < 1.29 is 0 Å². The first-order valence-corrected chi connectivity index (χ1v) is 7.10. The summed E-state index contributed by atoms with van der Waals surface area (Å²) in [6, 6.07) is 8.44. The topological polar surface area (TPSA) is 31.9 Å². The van der Waals surface area contributed by atoms with Crippen LogP contribution in [0.4, 0.5) is 0 Å². The largest absolute Gasteiger partial charge is 0.341 e. The monoisotopic (exact) mass is 275 g/mol. The summed E-state index contributed by atoms with van der Waals surface area (Å²) in [5, 5.41) is 0. The van der Waals surface area contributed by atoms with Crippen molar-refractivity contribution in [2.75, 3.05) is 13.6 Å². The molecule has 0 saturated carbocycles. The summed E-state index contributed by atoms with van der Waals surface area (Å²) < 4.78 is 0. The van der Waals surface area contributed by atoms with E-state index in [0.29, 0.717) is 6.04 Å². The molecule has 2 heterocycles. The summed E-state index contributed by atoms with van der Waals surface area (Å²) in [5.41, 5.74) is 3.08. The molecule has 3 rings (SSSR count). The van der Waals surface area contributed by atoms with E-state index in [9.17, 15) is 0 Å². The van der Waals surface area contributed by atoms with E-state index < -0.39 is 0 Å². The Balaban J connectivity index is 1.81. The molecule has 1 aromatic carbocycles. The molecule has 21 heavy (non-hydrogen) atoms. The van der Waals surface area contributed by atoms with E-state index in [1.165, 1.54) is 12.8 Å². The lowest BCUT2D eigenvalue weighted by atomic mass is 10.1. The molecule has 1 N–H and O–H groups in total. The summed E-state index contributed by atoms with van der Waals surface area (Å²) >= 11 is 0. The van der Waals surface area contributed by atoms with Gasteiger partial charge in [-0.15, -0.1) is 6.42 Å². The second-order valence-electron chi connectivity index (χ2n) is 5.29. The highest BCUT2D eigenvalue weighted by Gasteiger charge is 2.24. The van der Waals surface area contributed by atoms with Gasteiger partial charge in [-0.3, -0.25) is 4.90 Å². The number of likely N-dealkylation sites (tertiary alicyclic amines) is 1. The molecule has 0 radical (unpaired) electrons. The van der Waals surface area contributed by atoms with Crippen molar-refractivity contribution in [3.63, 3.8) is 0 Å². The van der Waals surface area contributed by atoms with Crippen LogP contribution in [0.25, 0.3) is 11.3 Å². The minimum atomic E-state index is 0.416. The molecule has 1 aliphatic rings. The van der Waals surface area contributed by atoms with Crippen LogP contribution < -0.4 is 0 Å². The van der Waals surface area contributed by atoms with Crippen LogP contribution in [0.1, 0.15) is 30.3 Å². The molecule has 0 amide bonds. The molecule has 2 aromatic rings. The first-order valence-electron chi connectivity index (χ1n) is 7.10. The van der Waals surface area contributed by atoms with Gasteiger partial charge in [0.25, 0.3) is 0 Å². The highest BCUT2D eigenvalue weighted by molar-refractivity contribution is 5.60. The van der Waals surface area contributed by atoms with Crippen LogP contribution in [0.15, 0.2) is 30.5 Å². The van der Waals surface area contributed by atoms with Crippen LogP contribution in [0.3, 0.4) is 0 Å².